The molecule has 3 N–H and O–H groups in total. The van der Waals surface area contributed by atoms with E-state index in [0.717, 1.165) is 13.1 Å². The number of imidazole rings is 2. The average Bonchev–Trinajstić information content (AvgIpc) is 3.69. The van der Waals surface area contributed by atoms with Crippen molar-refractivity contribution in [2.24, 2.45) is 14.1 Å². The van der Waals surface area contributed by atoms with Crippen molar-refractivity contribution in [1.82, 2.24) is 33.8 Å². The Kier molecular flexibility index (Phi) is 42.0. The molecule has 0 amide bonds. The third-order valence-electron chi connectivity index (χ3n) is 5.89. The highest BCUT2D eigenvalue weighted by atomic mass is 36.0. The van der Waals surface area contributed by atoms with Gasteiger partial charge >= 0.3 is 19.6 Å². The third-order valence-corrected chi connectivity index (χ3v) is 9.64. The van der Waals surface area contributed by atoms with E-state index < -0.39 is 29.1 Å². The normalized spacial score (nSPS) is 11.0. The molecule has 0 aliphatic heterocycles. The first-order valence-corrected chi connectivity index (χ1v) is 24.3. The first-order chi connectivity index (χ1) is 25.7. The van der Waals surface area contributed by atoms with Crippen molar-refractivity contribution in [2.75, 3.05) is 74.5 Å². The van der Waals surface area contributed by atoms with Crippen LogP contribution in [-0.2, 0) is 41.3 Å². The SMILES string of the molecule is CC(C)(C)OO.Cl.ClCCNCCCl.ClP(Cl)Cl.Cn1c(CO)cnc1[N+](=O)[O-].Cn1c(COP(=O)(N(CCCl)CCCl)N(CCCl)CCCl)cnc1[N+](=O)[O-]. The van der Waals surface area contributed by atoms with Crippen LogP contribution in [0.15, 0.2) is 12.4 Å². The van der Waals surface area contributed by atoms with Crippen LogP contribution in [0, 0.1) is 20.2 Å². The van der Waals surface area contributed by atoms with Gasteiger partial charge in [-0.15, -0.1) is 82.0 Å². The zero-order valence-corrected chi connectivity index (χ0v) is 40.5. The second-order valence-corrected chi connectivity index (χ2v) is 20.5. The van der Waals surface area contributed by atoms with E-state index in [9.17, 15) is 24.8 Å². The fourth-order valence-corrected chi connectivity index (χ4v) is 7.31. The van der Waals surface area contributed by atoms with Gasteiger partial charge < -0.3 is 30.7 Å². The van der Waals surface area contributed by atoms with Crippen LogP contribution in [0.2, 0.25) is 0 Å². The van der Waals surface area contributed by atoms with Gasteiger partial charge in [0.15, 0.2) is 5.98 Å². The maximum atomic E-state index is 13.8. The van der Waals surface area contributed by atoms with Crippen LogP contribution < -0.4 is 5.32 Å². The number of hydrogen-bond donors (Lipinski definition) is 3. The molecule has 0 radical (unpaired) electrons. The number of nitrogens with zero attached hydrogens (tertiary/aromatic N) is 8. The molecule has 2 heterocycles. The lowest BCUT2D eigenvalue weighted by molar-refractivity contribution is -0.396. The molecule has 0 fully saturated rings. The first-order valence-electron chi connectivity index (χ1n) is 15.6. The highest BCUT2D eigenvalue weighted by Gasteiger charge is 2.38. The molecule has 0 atom stereocenters. The van der Waals surface area contributed by atoms with Crippen molar-refractivity contribution in [1.29, 1.82) is 0 Å². The van der Waals surface area contributed by atoms with Gasteiger partial charge in [-0.25, -0.2) is 23.4 Å². The summed E-state index contributed by atoms with van der Waals surface area (Å²) in [4.78, 5) is 31.1. The molecule has 2 rings (SSSR count). The van der Waals surface area contributed by atoms with Gasteiger partial charge in [0.1, 0.15) is 37.0 Å². The van der Waals surface area contributed by atoms with Crippen LogP contribution in [0.3, 0.4) is 0 Å². The minimum atomic E-state index is -3.59. The summed E-state index contributed by atoms with van der Waals surface area (Å²) in [5.41, 5.74) is 0.423. The second kappa shape index (κ2) is 37.3. The molecule has 2 aromatic rings. The van der Waals surface area contributed by atoms with Gasteiger partial charge in [0.2, 0.25) is 0 Å². The van der Waals surface area contributed by atoms with Crippen LogP contribution in [0.4, 0.5) is 11.9 Å². The van der Waals surface area contributed by atoms with Gasteiger partial charge in [0.05, 0.1) is 19.7 Å². The fraction of sp³-hybridized carbons (Fsp3) is 0.769. The lowest BCUT2D eigenvalue weighted by atomic mass is 10.2. The molecule has 332 valence electrons. The van der Waals surface area contributed by atoms with Gasteiger partial charge in [-0.05, 0) is 30.6 Å². The summed E-state index contributed by atoms with van der Waals surface area (Å²) in [7, 11) is -0.619. The summed E-state index contributed by atoms with van der Waals surface area (Å²) >= 11 is 48.7. The Hall–Kier alpha value is 0.500. The van der Waals surface area contributed by atoms with Crippen molar-refractivity contribution < 1.29 is 34.2 Å². The standard InChI is InChI=1S/C13H22Cl4N5O4P.C5H7N3O3.C4H9Cl2N.C4H10O2.Cl3P.ClH/c1-19-12(10-18-13(19)22(23)24)11-26-27(25,20(6-2-14)7-3-15)21(8-4-16)9-5-17;1-7-4(3-9)2-6-5(7)8(10)11;5-1-3-7-4-2-6;1-4(2,3)6-5;1-4(2)3;/h10H,2-9,11H2,1H3;2,9H,3H2,1H3;7H,1-4H2;5H,1-3H3;;1H. The summed E-state index contributed by atoms with van der Waals surface area (Å²) < 4.78 is 25.3. The number of aromatic nitrogens is 4. The van der Waals surface area contributed by atoms with E-state index in [-0.39, 0.29) is 87.2 Å². The number of rotatable bonds is 20. The Morgan fingerprint density at radius 3 is 1.36 bits per heavy atom. The molecular weight excluding hydrogens is 999 g/mol. The minimum absolute atomic E-state index is 0. The van der Waals surface area contributed by atoms with E-state index in [1.807, 2.05) is 0 Å². The summed E-state index contributed by atoms with van der Waals surface area (Å²) in [6, 6.07) is 0. The highest BCUT2D eigenvalue weighted by Crippen LogP contribution is 2.55. The van der Waals surface area contributed by atoms with Gasteiger partial charge in [0, 0.05) is 74.5 Å². The van der Waals surface area contributed by atoms with Crippen molar-refractivity contribution in [2.45, 2.75) is 39.6 Å². The fourth-order valence-electron chi connectivity index (χ4n) is 3.36. The molecule has 0 spiro atoms. The third kappa shape index (κ3) is 28.9. The summed E-state index contributed by atoms with van der Waals surface area (Å²) in [6.45, 7) is 7.73. The zero-order valence-electron chi connectivity index (χ0n) is 31.1. The number of nitrogens with one attached hydrogen (secondary N) is 1. The number of hydrogen-bond acceptors (Lipinski definition) is 12. The van der Waals surface area contributed by atoms with E-state index in [4.69, 9.17) is 118 Å². The quantitative estimate of drug-likeness (QED) is 0.0282. The van der Waals surface area contributed by atoms with Gasteiger partial charge in [-0.2, -0.15) is 0 Å². The van der Waals surface area contributed by atoms with Crippen LogP contribution in [0.5, 0.6) is 0 Å². The summed E-state index contributed by atoms with van der Waals surface area (Å²) in [5.74, 6) is 0.412. The maximum absolute atomic E-state index is 13.8. The smallest absolute Gasteiger partial charge is 0.390 e. The van der Waals surface area contributed by atoms with Crippen molar-refractivity contribution in [3.05, 3.63) is 44.0 Å². The highest BCUT2D eigenvalue weighted by molar-refractivity contribution is 8.20. The monoisotopic (exact) mass is 1040 g/mol. The van der Waals surface area contributed by atoms with Gasteiger partial charge in [0.25, 0.3) is 0 Å². The van der Waals surface area contributed by atoms with Crippen molar-refractivity contribution >= 4 is 141 Å². The van der Waals surface area contributed by atoms with Crippen LogP contribution in [0.1, 0.15) is 32.2 Å². The number of alkyl halides is 6. The molecule has 18 nitrogen and oxygen atoms in total. The molecule has 2 aromatic heterocycles. The molecule has 30 heteroatoms. The lowest BCUT2D eigenvalue weighted by Crippen LogP contribution is -2.37. The Morgan fingerprint density at radius 2 is 1.12 bits per heavy atom. The molecule has 0 saturated carbocycles. The van der Waals surface area contributed by atoms with E-state index in [0.29, 0.717) is 23.1 Å². The Bertz CT molecular complexity index is 1320. The topological polar surface area (TPSA) is 216 Å². The average molecular weight is 1050 g/mol. The number of halogens is 10. The molecule has 0 aliphatic carbocycles. The number of nitro groups is 2. The Labute approximate surface area is 378 Å². The maximum Gasteiger partial charge on any atom is 0.434 e. The largest absolute Gasteiger partial charge is 0.434 e. The van der Waals surface area contributed by atoms with E-state index in [2.05, 4.69) is 20.2 Å². The molecular formula is C26H49Cl10N9O9P2. The zero-order chi connectivity index (χ0) is 43.2. The van der Waals surface area contributed by atoms with Gasteiger partial charge in [-0.1, -0.05) is 43.7 Å². The molecule has 0 aliphatic rings. The predicted octanol–water partition coefficient (Wildman–Crippen LogP) is 9.01. The summed E-state index contributed by atoms with van der Waals surface area (Å²) in [6.07, 6.45) is 2.58. The van der Waals surface area contributed by atoms with Crippen LogP contribution in [0.25, 0.3) is 0 Å². The summed E-state index contributed by atoms with van der Waals surface area (Å²) in [5, 5.41) is 40.7. The van der Waals surface area contributed by atoms with Crippen molar-refractivity contribution in [3.8, 4) is 0 Å². The Morgan fingerprint density at radius 1 is 0.804 bits per heavy atom. The molecule has 0 aromatic carbocycles. The lowest BCUT2D eigenvalue weighted by Gasteiger charge is -2.37. The van der Waals surface area contributed by atoms with Crippen molar-refractivity contribution in [3.63, 3.8) is 0 Å². The van der Waals surface area contributed by atoms with E-state index in [1.54, 1.807) is 30.1 Å². The molecule has 0 bridgehead atoms. The minimum Gasteiger partial charge on any atom is -0.390 e. The molecule has 56 heavy (non-hydrogen) atoms. The number of aliphatic hydroxyl groups is 1. The Balaban J connectivity index is -0.000000378. The predicted molar refractivity (Wildman–Crippen MR) is 234 cm³/mol. The van der Waals surface area contributed by atoms with E-state index in [1.165, 1.54) is 35.6 Å². The van der Waals surface area contributed by atoms with Crippen LogP contribution >= 0.6 is 129 Å². The van der Waals surface area contributed by atoms with Crippen LogP contribution in [-0.4, -0.2) is 129 Å². The van der Waals surface area contributed by atoms with Gasteiger partial charge in [-0.3, -0.25) is 14.3 Å². The molecule has 0 unspecified atom stereocenters. The second-order valence-electron chi connectivity index (χ2n) is 10.8. The van der Waals surface area contributed by atoms with E-state index >= 15 is 0 Å². The first kappa shape index (κ1) is 63.1. The molecule has 0 saturated heterocycles. The number of aliphatic hydroxyl groups excluding tert-OH is 1.